The van der Waals surface area contributed by atoms with Crippen molar-refractivity contribution in [2.24, 2.45) is 4.99 Å². The van der Waals surface area contributed by atoms with Gasteiger partial charge in [-0.05, 0) is 24.1 Å². The number of aliphatic imine (C=N–C) groups is 1. The maximum Gasteiger partial charge on any atom is 0.145 e. The number of nitrogens with one attached hydrogen (secondary N) is 1. The number of rotatable bonds is 5. The highest BCUT2D eigenvalue weighted by atomic mass is 35.5. The van der Waals surface area contributed by atoms with E-state index in [4.69, 9.17) is 9.47 Å². The largest absolute Gasteiger partial charge is 0.485 e. The summed E-state index contributed by atoms with van der Waals surface area (Å²) in [6.45, 7) is 4.94. The molecule has 0 aromatic heterocycles. The minimum Gasteiger partial charge on any atom is -0.485 e. The molecule has 4 nitrogen and oxygen atoms in total. The van der Waals surface area contributed by atoms with Crippen LogP contribution >= 0.6 is 12.4 Å². The van der Waals surface area contributed by atoms with Crippen LogP contribution in [0.25, 0.3) is 0 Å². The number of methoxy groups -OCH3 is 1. The Hall–Kier alpha value is -1.26. The molecule has 0 unspecified atom stereocenters. The maximum atomic E-state index is 5.76. The molecule has 1 heterocycles. The Balaban J connectivity index is 0.00000162. The lowest BCUT2D eigenvalue weighted by atomic mass is 10.1. The highest BCUT2D eigenvalue weighted by molar-refractivity contribution is 5.85. The fourth-order valence-corrected chi connectivity index (χ4v) is 1.82. The number of benzene rings is 1. The van der Waals surface area contributed by atoms with Crippen LogP contribution in [0.1, 0.15) is 11.1 Å². The van der Waals surface area contributed by atoms with E-state index in [2.05, 4.69) is 16.4 Å². The minimum absolute atomic E-state index is 0. The lowest BCUT2D eigenvalue weighted by molar-refractivity contribution is 0.184. The molecule has 2 rings (SSSR count). The summed E-state index contributed by atoms with van der Waals surface area (Å²) in [5.74, 6) is 1.83. The first kappa shape index (κ1) is 14.8. The first-order valence-electron chi connectivity index (χ1n) is 5.78. The van der Waals surface area contributed by atoms with Gasteiger partial charge < -0.3 is 14.8 Å². The summed E-state index contributed by atoms with van der Waals surface area (Å²) in [6, 6.07) is 6.02. The molecule has 1 aliphatic rings. The lowest BCUT2D eigenvalue weighted by Gasteiger charge is -2.12. The van der Waals surface area contributed by atoms with Crippen molar-refractivity contribution in [3.05, 3.63) is 29.3 Å². The van der Waals surface area contributed by atoms with Crippen LogP contribution < -0.4 is 10.1 Å². The van der Waals surface area contributed by atoms with Crippen LogP contribution in [0, 0.1) is 6.92 Å². The average Bonchev–Trinajstić information content (AvgIpc) is 2.83. The predicted octanol–water partition coefficient (Wildman–Crippen LogP) is 1.94. The monoisotopic (exact) mass is 270 g/mol. The third-order valence-corrected chi connectivity index (χ3v) is 2.80. The van der Waals surface area contributed by atoms with E-state index in [-0.39, 0.29) is 12.4 Å². The zero-order valence-corrected chi connectivity index (χ0v) is 11.5. The highest BCUT2D eigenvalue weighted by Crippen LogP contribution is 2.21. The molecule has 0 aliphatic carbocycles. The van der Waals surface area contributed by atoms with Gasteiger partial charge in [-0.2, -0.15) is 0 Å². The molecule has 5 heteroatoms. The smallest absolute Gasteiger partial charge is 0.145 e. The molecule has 0 saturated carbocycles. The van der Waals surface area contributed by atoms with Gasteiger partial charge in [-0.1, -0.05) is 12.1 Å². The van der Waals surface area contributed by atoms with Crippen LogP contribution in [0.2, 0.25) is 0 Å². The van der Waals surface area contributed by atoms with Crippen LogP contribution in [0.5, 0.6) is 5.75 Å². The Morgan fingerprint density at radius 2 is 2.17 bits per heavy atom. The van der Waals surface area contributed by atoms with E-state index in [0.29, 0.717) is 13.2 Å². The Labute approximate surface area is 114 Å². The minimum atomic E-state index is 0. The normalized spacial score (nSPS) is 13.6. The molecular formula is C13H19ClN2O2. The van der Waals surface area contributed by atoms with E-state index < -0.39 is 0 Å². The number of hydrogen-bond acceptors (Lipinski definition) is 4. The zero-order chi connectivity index (χ0) is 12.1. The molecule has 1 N–H and O–H groups in total. The van der Waals surface area contributed by atoms with Gasteiger partial charge in [0.15, 0.2) is 0 Å². The van der Waals surface area contributed by atoms with Crippen molar-refractivity contribution in [1.82, 2.24) is 5.32 Å². The molecule has 18 heavy (non-hydrogen) atoms. The quantitative estimate of drug-likeness (QED) is 0.889. The van der Waals surface area contributed by atoms with Crippen molar-refractivity contribution in [3.63, 3.8) is 0 Å². The summed E-state index contributed by atoms with van der Waals surface area (Å²) in [5.41, 5.74) is 2.29. The Morgan fingerprint density at radius 1 is 1.33 bits per heavy atom. The number of amidine groups is 1. The van der Waals surface area contributed by atoms with Crippen molar-refractivity contribution in [1.29, 1.82) is 0 Å². The molecule has 0 fully saturated rings. The number of ether oxygens (including phenoxy) is 2. The first-order valence-corrected chi connectivity index (χ1v) is 5.78. The third-order valence-electron chi connectivity index (χ3n) is 2.80. The second-order valence-electron chi connectivity index (χ2n) is 4.02. The standard InChI is InChI=1S/C13H18N2O2.ClH/c1-10-11(8-16-2)4-3-5-12(10)17-9-13-14-6-7-15-13;/h3-5H,6-9H2,1-2H3,(H,14,15);1H. The van der Waals surface area contributed by atoms with Gasteiger partial charge in [0.25, 0.3) is 0 Å². The molecule has 0 spiro atoms. The summed E-state index contributed by atoms with van der Waals surface area (Å²) >= 11 is 0. The van der Waals surface area contributed by atoms with Crippen molar-refractivity contribution >= 4 is 18.2 Å². The van der Waals surface area contributed by atoms with Crippen molar-refractivity contribution in [2.45, 2.75) is 13.5 Å². The summed E-state index contributed by atoms with van der Waals surface area (Å²) in [5, 5.41) is 3.19. The van der Waals surface area contributed by atoms with Crippen LogP contribution in [-0.4, -0.2) is 32.6 Å². The van der Waals surface area contributed by atoms with E-state index in [0.717, 1.165) is 35.8 Å². The first-order chi connectivity index (χ1) is 8.31. The molecule has 0 bridgehead atoms. The van der Waals surface area contributed by atoms with Crippen LogP contribution in [-0.2, 0) is 11.3 Å². The second kappa shape index (κ2) is 7.24. The lowest BCUT2D eigenvalue weighted by Crippen LogP contribution is -2.25. The Bertz CT molecular complexity index is 421. The third kappa shape index (κ3) is 3.62. The predicted molar refractivity (Wildman–Crippen MR) is 74.9 cm³/mol. The molecule has 1 aromatic carbocycles. The fraction of sp³-hybridized carbons (Fsp3) is 0.462. The number of halogens is 1. The van der Waals surface area contributed by atoms with Crippen LogP contribution in [0.15, 0.2) is 23.2 Å². The molecule has 0 atom stereocenters. The molecular weight excluding hydrogens is 252 g/mol. The Morgan fingerprint density at radius 3 is 2.83 bits per heavy atom. The van der Waals surface area contributed by atoms with Gasteiger partial charge in [-0.15, -0.1) is 12.4 Å². The van der Waals surface area contributed by atoms with Gasteiger partial charge >= 0.3 is 0 Å². The number of nitrogens with zero attached hydrogens (tertiary/aromatic N) is 1. The fourth-order valence-electron chi connectivity index (χ4n) is 1.82. The van der Waals surface area contributed by atoms with Gasteiger partial charge in [-0.3, -0.25) is 4.99 Å². The number of hydrogen-bond donors (Lipinski definition) is 1. The maximum absolute atomic E-state index is 5.76. The molecule has 1 aliphatic heterocycles. The van der Waals surface area contributed by atoms with Gasteiger partial charge in [-0.25, -0.2) is 0 Å². The topological polar surface area (TPSA) is 42.9 Å². The SMILES string of the molecule is COCc1cccc(OCC2=NCCN2)c1C.Cl. The highest BCUT2D eigenvalue weighted by Gasteiger charge is 2.08. The second-order valence-corrected chi connectivity index (χ2v) is 4.02. The van der Waals surface area contributed by atoms with Crippen LogP contribution in [0.3, 0.4) is 0 Å². The summed E-state index contributed by atoms with van der Waals surface area (Å²) < 4.78 is 10.9. The van der Waals surface area contributed by atoms with Crippen molar-refractivity contribution in [2.75, 3.05) is 26.8 Å². The van der Waals surface area contributed by atoms with E-state index >= 15 is 0 Å². The van der Waals surface area contributed by atoms with E-state index in [1.165, 1.54) is 0 Å². The van der Waals surface area contributed by atoms with E-state index in [1.807, 2.05) is 19.1 Å². The van der Waals surface area contributed by atoms with Gasteiger partial charge in [0, 0.05) is 13.7 Å². The molecule has 0 amide bonds. The Kier molecular flexibility index (Phi) is 5.95. The molecule has 0 saturated heterocycles. The van der Waals surface area contributed by atoms with E-state index in [9.17, 15) is 0 Å². The van der Waals surface area contributed by atoms with Gasteiger partial charge in [0.05, 0.1) is 13.2 Å². The molecule has 0 radical (unpaired) electrons. The summed E-state index contributed by atoms with van der Waals surface area (Å²) in [7, 11) is 1.70. The summed E-state index contributed by atoms with van der Waals surface area (Å²) in [6.07, 6.45) is 0. The van der Waals surface area contributed by atoms with Gasteiger partial charge in [0.1, 0.15) is 18.2 Å². The molecule has 100 valence electrons. The van der Waals surface area contributed by atoms with E-state index in [1.54, 1.807) is 7.11 Å². The molecule has 1 aromatic rings. The average molecular weight is 271 g/mol. The zero-order valence-electron chi connectivity index (χ0n) is 10.7. The summed E-state index contributed by atoms with van der Waals surface area (Å²) in [4.78, 5) is 4.30. The van der Waals surface area contributed by atoms with Crippen molar-refractivity contribution in [3.8, 4) is 5.75 Å². The van der Waals surface area contributed by atoms with Crippen LogP contribution in [0.4, 0.5) is 0 Å². The van der Waals surface area contributed by atoms with Gasteiger partial charge in [0.2, 0.25) is 0 Å². The van der Waals surface area contributed by atoms with Crippen molar-refractivity contribution < 1.29 is 9.47 Å².